The van der Waals surface area contributed by atoms with Gasteiger partial charge in [0.15, 0.2) is 0 Å². The standard InChI is InChI=1S/C20H24N2O4/c1-12(2)16-11-18(26-22-16)19(23)21-17(20(24)25)10-14-8-5-7-13-6-3-4-9-15(13)14/h3-4,6,9,11-12,14,17H,5,7-8,10H2,1-2H3,(H,21,23)(H,24,25). The van der Waals surface area contributed by atoms with Gasteiger partial charge in [-0.1, -0.05) is 43.3 Å². The SMILES string of the molecule is CC(C)c1cc(C(=O)NC(CC2CCCc3ccccc32)C(=O)O)on1. The van der Waals surface area contributed by atoms with Crippen LogP contribution in [0.5, 0.6) is 0 Å². The summed E-state index contributed by atoms with van der Waals surface area (Å²) in [6.07, 6.45) is 3.34. The highest BCUT2D eigenvalue weighted by molar-refractivity contribution is 5.94. The molecule has 1 aliphatic carbocycles. The highest BCUT2D eigenvalue weighted by Gasteiger charge is 2.29. The van der Waals surface area contributed by atoms with Crippen molar-refractivity contribution in [3.8, 4) is 0 Å². The second-order valence-electron chi connectivity index (χ2n) is 7.16. The molecule has 1 aromatic carbocycles. The van der Waals surface area contributed by atoms with Crippen LogP contribution in [0.1, 0.15) is 72.3 Å². The summed E-state index contributed by atoms with van der Waals surface area (Å²) in [5, 5.41) is 16.0. The number of rotatable bonds is 6. The molecule has 0 aliphatic heterocycles. The van der Waals surface area contributed by atoms with Gasteiger partial charge < -0.3 is 14.9 Å². The first-order valence-electron chi connectivity index (χ1n) is 9.03. The van der Waals surface area contributed by atoms with Gasteiger partial charge >= 0.3 is 5.97 Å². The maximum atomic E-state index is 12.4. The maximum Gasteiger partial charge on any atom is 0.326 e. The van der Waals surface area contributed by atoms with E-state index in [0.717, 1.165) is 19.3 Å². The van der Waals surface area contributed by atoms with Crippen LogP contribution in [-0.4, -0.2) is 28.2 Å². The Morgan fingerprint density at radius 1 is 1.35 bits per heavy atom. The van der Waals surface area contributed by atoms with E-state index in [-0.39, 0.29) is 17.6 Å². The van der Waals surface area contributed by atoms with Crippen molar-refractivity contribution in [2.24, 2.45) is 0 Å². The Morgan fingerprint density at radius 2 is 2.12 bits per heavy atom. The van der Waals surface area contributed by atoms with Crippen molar-refractivity contribution in [1.82, 2.24) is 10.5 Å². The Balaban J connectivity index is 1.72. The number of aliphatic carboxylic acids is 1. The number of carboxylic acid groups (broad SMARTS) is 1. The summed E-state index contributed by atoms with van der Waals surface area (Å²) in [6.45, 7) is 3.89. The van der Waals surface area contributed by atoms with E-state index < -0.39 is 17.9 Å². The highest BCUT2D eigenvalue weighted by Crippen LogP contribution is 2.34. The number of hydrogen-bond acceptors (Lipinski definition) is 4. The van der Waals surface area contributed by atoms with Gasteiger partial charge in [-0.3, -0.25) is 4.79 Å². The van der Waals surface area contributed by atoms with Crippen molar-refractivity contribution in [1.29, 1.82) is 0 Å². The summed E-state index contributed by atoms with van der Waals surface area (Å²) in [7, 11) is 0. The fourth-order valence-electron chi connectivity index (χ4n) is 3.50. The lowest BCUT2D eigenvalue weighted by Crippen LogP contribution is -2.42. The molecule has 2 N–H and O–H groups in total. The molecule has 0 fully saturated rings. The van der Waals surface area contributed by atoms with Gasteiger partial charge in [-0.25, -0.2) is 4.79 Å². The van der Waals surface area contributed by atoms with Gasteiger partial charge in [-0.2, -0.15) is 0 Å². The number of fused-ring (bicyclic) bond motifs is 1. The summed E-state index contributed by atoms with van der Waals surface area (Å²) >= 11 is 0. The molecule has 0 saturated heterocycles. The molecule has 26 heavy (non-hydrogen) atoms. The molecule has 1 aromatic heterocycles. The van der Waals surface area contributed by atoms with Gasteiger partial charge in [0.25, 0.3) is 5.91 Å². The molecule has 138 valence electrons. The predicted molar refractivity (Wildman–Crippen MR) is 96.2 cm³/mol. The van der Waals surface area contributed by atoms with E-state index in [0.29, 0.717) is 12.1 Å². The van der Waals surface area contributed by atoms with Crippen LogP contribution in [0.15, 0.2) is 34.9 Å². The van der Waals surface area contributed by atoms with Crippen molar-refractivity contribution in [2.45, 2.75) is 57.4 Å². The van der Waals surface area contributed by atoms with Crippen molar-refractivity contribution in [2.75, 3.05) is 0 Å². The maximum absolute atomic E-state index is 12.4. The number of carbonyl (C=O) groups is 2. The van der Waals surface area contributed by atoms with Gasteiger partial charge in [0.1, 0.15) is 6.04 Å². The molecule has 1 heterocycles. The Bertz CT molecular complexity index is 797. The number of nitrogens with zero attached hydrogens (tertiary/aromatic N) is 1. The molecule has 2 atom stereocenters. The zero-order chi connectivity index (χ0) is 18.7. The number of aromatic nitrogens is 1. The van der Waals surface area contributed by atoms with Crippen molar-refractivity contribution >= 4 is 11.9 Å². The second kappa shape index (κ2) is 7.72. The third kappa shape index (κ3) is 3.95. The van der Waals surface area contributed by atoms with Crippen molar-refractivity contribution in [3.05, 3.63) is 52.9 Å². The number of nitrogens with one attached hydrogen (secondary N) is 1. The van der Waals surface area contributed by atoms with Crippen LogP contribution in [0.25, 0.3) is 0 Å². The molecule has 1 amide bonds. The molecule has 2 aromatic rings. The van der Waals surface area contributed by atoms with Crippen LogP contribution in [0, 0.1) is 0 Å². The summed E-state index contributed by atoms with van der Waals surface area (Å²) in [5.74, 6) is -1.27. The molecule has 0 saturated carbocycles. The first kappa shape index (κ1) is 18.2. The zero-order valence-electron chi connectivity index (χ0n) is 15.1. The molecule has 6 nitrogen and oxygen atoms in total. The minimum absolute atomic E-state index is 0.0454. The number of carbonyl (C=O) groups excluding carboxylic acids is 1. The third-order valence-corrected chi connectivity index (χ3v) is 4.96. The number of aryl methyl sites for hydroxylation is 1. The van der Waals surface area contributed by atoms with Crippen LogP contribution in [0.2, 0.25) is 0 Å². The molecule has 2 unspecified atom stereocenters. The summed E-state index contributed by atoms with van der Waals surface area (Å²) in [4.78, 5) is 24.1. The molecule has 3 rings (SSSR count). The third-order valence-electron chi connectivity index (χ3n) is 4.96. The van der Waals surface area contributed by atoms with Crippen LogP contribution in [0.3, 0.4) is 0 Å². The second-order valence-corrected chi connectivity index (χ2v) is 7.16. The first-order valence-corrected chi connectivity index (χ1v) is 9.03. The van der Waals surface area contributed by atoms with Gasteiger partial charge in [-0.05, 0) is 48.6 Å². The van der Waals surface area contributed by atoms with E-state index in [4.69, 9.17) is 4.52 Å². The lowest BCUT2D eigenvalue weighted by molar-refractivity contribution is -0.139. The Labute approximate surface area is 152 Å². The number of carboxylic acids is 1. The predicted octanol–water partition coefficient (Wildman–Crippen LogP) is 3.49. The number of benzene rings is 1. The van der Waals surface area contributed by atoms with E-state index in [9.17, 15) is 14.7 Å². The smallest absolute Gasteiger partial charge is 0.326 e. The summed E-state index contributed by atoms with van der Waals surface area (Å²) in [6, 6.07) is 8.74. The number of hydrogen-bond donors (Lipinski definition) is 2. The fraction of sp³-hybridized carbons (Fsp3) is 0.450. The van der Waals surface area contributed by atoms with Gasteiger partial charge in [0, 0.05) is 6.07 Å². The van der Waals surface area contributed by atoms with Crippen molar-refractivity contribution < 1.29 is 19.2 Å². The van der Waals surface area contributed by atoms with Crippen LogP contribution in [0.4, 0.5) is 0 Å². The van der Waals surface area contributed by atoms with Crippen LogP contribution >= 0.6 is 0 Å². The summed E-state index contributed by atoms with van der Waals surface area (Å²) < 4.78 is 5.06. The average molecular weight is 356 g/mol. The highest BCUT2D eigenvalue weighted by atomic mass is 16.5. The average Bonchev–Trinajstić information content (AvgIpc) is 3.12. The van der Waals surface area contributed by atoms with Crippen molar-refractivity contribution in [3.63, 3.8) is 0 Å². The monoisotopic (exact) mass is 356 g/mol. The van der Waals surface area contributed by atoms with E-state index in [1.807, 2.05) is 26.0 Å². The molecule has 1 aliphatic rings. The van der Waals surface area contributed by atoms with Crippen LogP contribution < -0.4 is 5.32 Å². The largest absolute Gasteiger partial charge is 0.480 e. The minimum Gasteiger partial charge on any atom is -0.480 e. The van der Waals surface area contributed by atoms with Gasteiger partial charge in [0.05, 0.1) is 5.69 Å². The van der Waals surface area contributed by atoms with E-state index in [1.54, 1.807) is 6.07 Å². The zero-order valence-corrected chi connectivity index (χ0v) is 15.1. The van der Waals surface area contributed by atoms with Crippen LogP contribution in [-0.2, 0) is 11.2 Å². The lowest BCUT2D eigenvalue weighted by Gasteiger charge is -2.27. The lowest BCUT2D eigenvalue weighted by atomic mass is 9.79. The Hall–Kier alpha value is -2.63. The quantitative estimate of drug-likeness (QED) is 0.826. The molecule has 0 radical (unpaired) electrons. The molecule has 6 heteroatoms. The normalized spacial score (nSPS) is 17.6. The molecule has 0 bridgehead atoms. The molecular formula is C20H24N2O4. The first-order chi connectivity index (χ1) is 12.5. The Morgan fingerprint density at radius 3 is 2.81 bits per heavy atom. The van der Waals surface area contributed by atoms with Gasteiger partial charge in [-0.15, -0.1) is 0 Å². The van der Waals surface area contributed by atoms with Gasteiger partial charge in [0.2, 0.25) is 5.76 Å². The molecule has 0 spiro atoms. The van der Waals surface area contributed by atoms with E-state index in [2.05, 4.69) is 22.6 Å². The fourth-order valence-corrected chi connectivity index (χ4v) is 3.50. The van der Waals surface area contributed by atoms with E-state index >= 15 is 0 Å². The number of amides is 1. The molecular weight excluding hydrogens is 332 g/mol. The Kier molecular flexibility index (Phi) is 5.40. The summed E-state index contributed by atoms with van der Waals surface area (Å²) in [5.41, 5.74) is 3.14. The topological polar surface area (TPSA) is 92.4 Å². The van der Waals surface area contributed by atoms with E-state index in [1.165, 1.54) is 11.1 Å². The minimum atomic E-state index is -1.04.